The molecule has 0 atom stereocenters. The SMILES string of the molecule is CNCCC1CCN(Cc2cnn(C)c2)CC1. The van der Waals surface area contributed by atoms with Crippen LogP contribution in [0.3, 0.4) is 0 Å². The Labute approximate surface area is 104 Å². The van der Waals surface area contributed by atoms with Gasteiger partial charge in [0.15, 0.2) is 0 Å². The van der Waals surface area contributed by atoms with Gasteiger partial charge in [0.05, 0.1) is 6.20 Å². The molecule has 0 spiro atoms. The molecule has 0 radical (unpaired) electrons. The fraction of sp³-hybridized carbons (Fsp3) is 0.769. The molecule has 0 bridgehead atoms. The van der Waals surface area contributed by atoms with Gasteiger partial charge in [-0.2, -0.15) is 5.10 Å². The van der Waals surface area contributed by atoms with Crippen LogP contribution >= 0.6 is 0 Å². The molecular weight excluding hydrogens is 212 g/mol. The van der Waals surface area contributed by atoms with Gasteiger partial charge in [0.1, 0.15) is 0 Å². The minimum atomic E-state index is 0.924. The molecule has 1 aliphatic heterocycles. The minimum absolute atomic E-state index is 0.924. The third-order valence-electron chi connectivity index (χ3n) is 3.67. The minimum Gasteiger partial charge on any atom is -0.320 e. The van der Waals surface area contributed by atoms with Gasteiger partial charge in [-0.3, -0.25) is 9.58 Å². The first-order valence-electron chi connectivity index (χ1n) is 6.62. The lowest BCUT2D eigenvalue weighted by atomic mass is 9.93. The first-order valence-corrected chi connectivity index (χ1v) is 6.62. The summed E-state index contributed by atoms with van der Waals surface area (Å²) in [7, 11) is 4.02. The van der Waals surface area contributed by atoms with Crippen molar-refractivity contribution in [2.24, 2.45) is 13.0 Å². The summed E-state index contributed by atoms with van der Waals surface area (Å²) in [5, 5.41) is 7.46. The monoisotopic (exact) mass is 236 g/mol. The molecule has 1 fully saturated rings. The molecule has 0 amide bonds. The zero-order valence-corrected chi connectivity index (χ0v) is 11.0. The molecule has 96 valence electrons. The van der Waals surface area contributed by atoms with Crippen LogP contribution in [-0.2, 0) is 13.6 Å². The fourth-order valence-corrected chi connectivity index (χ4v) is 2.59. The smallest absolute Gasteiger partial charge is 0.0534 e. The molecule has 0 aromatic carbocycles. The van der Waals surface area contributed by atoms with Crippen LogP contribution in [0.15, 0.2) is 12.4 Å². The first-order chi connectivity index (χ1) is 8.28. The lowest BCUT2D eigenvalue weighted by Crippen LogP contribution is -2.33. The highest BCUT2D eigenvalue weighted by molar-refractivity contribution is 5.03. The number of piperidine rings is 1. The molecule has 1 aromatic rings. The Morgan fingerprint density at radius 1 is 1.41 bits per heavy atom. The molecule has 0 unspecified atom stereocenters. The van der Waals surface area contributed by atoms with Crippen LogP contribution in [-0.4, -0.2) is 41.4 Å². The van der Waals surface area contributed by atoms with Crippen molar-refractivity contribution in [1.82, 2.24) is 20.0 Å². The molecular formula is C13H24N4. The van der Waals surface area contributed by atoms with Crippen LogP contribution < -0.4 is 5.32 Å². The van der Waals surface area contributed by atoms with E-state index in [4.69, 9.17) is 0 Å². The molecule has 4 heteroatoms. The summed E-state index contributed by atoms with van der Waals surface area (Å²) in [6.07, 6.45) is 8.13. The number of nitrogens with zero attached hydrogens (tertiary/aromatic N) is 3. The van der Waals surface area contributed by atoms with Crippen molar-refractivity contribution in [2.75, 3.05) is 26.7 Å². The van der Waals surface area contributed by atoms with Crippen molar-refractivity contribution < 1.29 is 0 Å². The van der Waals surface area contributed by atoms with E-state index in [2.05, 4.69) is 21.5 Å². The van der Waals surface area contributed by atoms with Crippen LogP contribution in [0.4, 0.5) is 0 Å². The molecule has 1 aliphatic rings. The van der Waals surface area contributed by atoms with E-state index in [1.807, 2.05) is 25.0 Å². The van der Waals surface area contributed by atoms with Gasteiger partial charge in [-0.25, -0.2) is 0 Å². The summed E-state index contributed by atoms with van der Waals surface area (Å²) in [4.78, 5) is 2.55. The molecule has 1 N–H and O–H groups in total. The van der Waals surface area contributed by atoms with Crippen LogP contribution in [0.1, 0.15) is 24.8 Å². The topological polar surface area (TPSA) is 33.1 Å². The number of hydrogen-bond donors (Lipinski definition) is 1. The number of aromatic nitrogens is 2. The number of likely N-dealkylation sites (tertiary alicyclic amines) is 1. The van der Waals surface area contributed by atoms with E-state index in [1.165, 1.54) is 37.9 Å². The van der Waals surface area contributed by atoms with Crippen LogP contribution in [0.25, 0.3) is 0 Å². The maximum atomic E-state index is 4.22. The van der Waals surface area contributed by atoms with Crippen molar-refractivity contribution in [3.63, 3.8) is 0 Å². The Kier molecular flexibility index (Phi) is 4.57. The zero-order chi connectivity index (χ0) is 12.1. The third-order valence-corrected chi connectivity index (χ3v) is 3.67. The standard InChI is InChI=1S/C13H24N4/c1-14-6-3-12-4-7-17(8-5-12)11-13-9-15-16(2)10-13/h9-10,12,14H,3-8,11H2,1-2H3. The lowest BCUT2D eigenvalue weighted by molar-refractivity contribution is 0.172. The summed E-state index contributed by atoms with van der Waals surface area (Å²) in [6.45, 7) is 4.70. The highest BCUT2D eigenvalue weighted by Gasteiger charge is 2.18. The van der Waals surface area contributed by atoms with E-state index in [9.17, 15) is 0 Å². The second-order valence-electron chi connectivity index (χ2n) is 5.13. The zero-order valence-electron chi connectivity index (χ0n) is 11.0. The highest BCUT2D eigenvalue weighted by Crippen LogP contribution is 2.21. The van der Waals surface area contributed by atoms with Gasteiger partial charge < -0.3 is 5.32 Å². The lowest BCUT2D eigenvalue weighted by Gasteiger charge is -2.31. The van der Waals surface area contributed by atoms with E-state index in [1.54, 1.807) is 0 Å². The number of rotatable bonds is 5. The average Bonchev–Trinajstić information content (AvgIpc) is 2.74. The fourth-order valence-electron chi connectivity index (χ4n) is 2.59. The number of nitrogens with one attached hydrogen (secondary N) is 1. The largest absolute Gasteiger partial charge is 0.320 e. The van der Waals surface area contributed by atoms with Crippen LogP contribution in [0, 0.1) is 5.92 Å². The maximum absolute atomic E-state index is 4.22. The quantitative estimate of drug-likeness (QED) is 0.835. The molecule has 17 heavy (non-hydrogen) atoms. The van der Waals surface area contributed by atoms with E-state index < -0.39 is 0 Å². The van der Waals surface area contributed by atoms with Crippen LogP contribution in [0.5, 0.6) is 0 Å². The van der Waals surface area contributed by atoms with Crippen molar-refractivity contribution in [3.8, 4) is 0 Å². The van der Waals surface area contributed by atoms with Gasteiger partial charge in [0, 0.05) is 25.4 Å². The number of hydrogen-bond acceptors (Lipinski definition) is 3. The molecule has 1 aromatic heterocycles. The van der Waals surface area contributed by atoms with Gasteiger partial charge in [-0.15, -0.1) is 0 Å². The predicted octanol–water partition coefficient (Wildman–Crippen LogP) is 1.24. The molecule has 4 nitrogen and oxygen atoms in total. The van der Waals surface area contributed by atoms with Crippen molar-refractivity contribution >= 4 is 0 Å². The third kappa shape index (κ3) is 3.82. The van der Waals surface area contributed by atoms with Gasteiger partial charge >= 0.3 is 0 Å². The van der Waals surface area contributed by atoms with Crippen molar-refractivity contribution in [2.45, 2.75) is 25.8 Å². The normalized spacial score (nSPS) is 18.7. The van der Waals surface area contributed by atoms with E-state index >= 15 is 0 Å². The Bertz CT molecular complexity index is 326. The summed E-state index contributed by atoms with van der Waals surface area (Å²) in [5.74, 6) is 0.924. The van der Waals surface area contributed by atoms with Gasteiger partial charge in [0.25, 0.3) is 0 Å². The summed E-state index contributed by atoms with van der Waals surface area (Å²) >= 11 is 0. The van der Waals surface area contributed by atoms with E-state index in [-0.39, 0.29) is 0 Å². The molecule has 2 rings (SSSR count). The summed E-state index contributed by atoms with van der Waals surface area (Å²) in [5.41, 5.74) is 1.33. The highest BCUT2D eigenvalue weighted by atomic mass is 15.2. The Hall–Kier alpha value is -0.870. The van der Waals surface area contributed by atoms with Crippen molar-refractivity contribution in [1.29, 1.82) is 0 Å². The molecule has 1 saturated heterocycles. The molecule has 0 aliphatic carbocycles. The molecule has 2 heterocycles. The first kappa shape index (κ1) is 12.6. The molecule has 0 saturated carbocycles. The summed E-state index contributed by atoms with van der Waals surface area (Å²) in [6, 6.07) is 0. The number of aryl methyl sites for hydroxylation is 1. The summed E-state index contributed by atoms with van der Waals surface area (Å²) < 4.78 is 1.88. The van der Waals surface area contributed by atoms with Crippen LogP contribution in [0.2, 0.25) is 0 Å². The van der Waals surface area contributed by atoms with Gasteiger partial charge in [-0.1, -0.05) is 0 Å². The predicted molar refractivity (Wildman–Crippen MR) is 69.8 cm³/mol. The van der Waals surface area contributed by atoms with E-state index in [0.717, 1.165) is 19.0 Å². The second-order valence-corrected chi connectivity index (χ2v) is 5.13. The Morgan fingerprint density at radius 2 is 2.18 bits per heavy atom. The maximum Gasteiger partial charge on any atom is 0.0534 e. The Balaban J connectivity index is 1.72. The van der Waals surface area contributed by atoms with Gasteiger partial charge in [0.2, 0.25) is 0 Å². The van der Waals surface area contributed by atoms with Gasteiger partial charge in [-0.05, 0) is 51.9 Å². The van der Waals surface area contributed by atoms with E-state index in [0.29, 0.717) is 0 Å². The van der Waals surface area contributed by atoms with Crippen molar-refractivity contribution in [3.05, 3.63) is 18.0 Å². The average molecular weight is 236 g/mol. The second kappa shape index (κ2) is 6.17. The Morgan fingerprint density at radius 3 is 2.76 bits per heavy atom.